The van der Waals surface area contributed by atoms with Crippen LogP contribution in [0, 0.1) is 0 Å². The first kappa shape index (κ1) is 17.8. The normalized spacial score (nSPS) is 10.3. The van der Waals surface area contributed by atoms with Crippen LogP contribution in [-0.2, 0) is 17.9 Å². The second kappa shape index (κ2) is 8.93. The SMILES string of the molecule is CCOc1ccc(CN(C)C(=O)CNc2cccc(CO)c2)cc1. The summed E-state index contributed by atoms with van der Waals surface area (Å²) in [6.45, 7) is 3.33. The van der Waals surface area contributed by atoms with Gasteiger partial charge in [-0.25, -0.2) is 0 Å². The fourth-order valence-corrected chi connectivity index (χ4v) is 2.31. The number of amides is 1. The summed E-state index contributed by atoms with van der Waals surface area (Å²) in [5, 5.41) is 12.2. The lowest BCUT2D eigenvalue weighted by Crippen LogP contribution is -2.31. The third-order valence-corrected chi connectivity index (χ3v) is 3.63. The van der Waals surface area contributed by atoms with E-state index in [1.165, 1.54) is 0 Å². The first-order chi connectivity index (χ1) is 11.6. The number of rotatable bonds is 8. The quantitative estimate of drug-likeness (QED) is 0.782. The number of carbonyl (C=O) groups is 1. The fraction of sp³-hybridized carbons (Fsp3) is 0.316. The van der Waals surface area contributed by atoms with Crippen molar-refractivity contribution in [2.24, 2.45) is 0 Å². The van der Waals surface area contributed by atoms with E-state index >= 15 is 0 Å². The van der Waals surface area contributed by atoms with Gasteiger partial charge in [-0.15, -0.1) is 0 Å². The largest absolute Gasteiger partial charge is 0.494 e. The number of aliphatic hydroxyl groups is 1. The minimum atomic E-state index is -0.0128. The van der Waals surface area contributed by atoms with Crippen molar-refractivity contribution in [1.82, 2.24) is 4.90 Å². The molecule has 0 aliphatic heterocycles. The molecule has 0 saturated heterocycles. The number of nitrogens with zero attached hydrogens (tertiary/aromatic N) is 1. The summed E-state index contributed by atoms with van der Waals surface area (Å²) in [6, 6.07) is 15.1. The van der Waals surface area contributed by atoms with Gasteiger partial charge in [0.2, 0.25) is 5.91 Å². The zero-order valence-corrected chi connectivity index (χ0v) is 14.2. The summed E-state index contributed by atoms with van der Waals surface area (Å²) in [7, 11) is 1.78. The van der Waals surface area contributed by atoms with Crippen molar-refractivity contribution < 1.29 is 14.6 Å². The van der Waals surface area contributed by atoms with Crippen molar-refractivity contribution in [3.63, 3.8) is 0 Å². The molecule has 0 aliphatic carbocycles. The molecule has 0 radical (unpaired) electrons. The molecule has 5 heteroatoms. The molecular formula is C19H24N2O3. The Morgan fingerprint density at radius 2 is 1.92 bits per heavy atom. The molecule has 1 amide bonds. The summed E-state index contributed by atoms with van der Waals surface area (Å²) in [6.07, 6.45) is 0. The molecule has 0 bridgehead atoms. The number of likely N-dealkylation sites (N-methyl/N-ethyl adjacent to an activating group) is 1. The maximum Gasteiger partial charge on any atom is 0.241 e. The molecule has 2 rings (SSSR count). The molecule has 0 aliphatic rings. The first-order valence-corrected chi connectivity index (χ1v) is 8.01. The molecule has 0 unspecified atom stereocenters. The van der Waals surface area contributed by atoms with Crippen LogP contribution in [0.1, 0.15) is 18.1 Å². The Kier molecular flexibility index (Phi) is 6.63. The van der Waals surface area contributed by atoms with Gasteiger partial charge in [0.25, 0.3) is 0 Å². The fourth-order valence-electron chi connectivity index (χ4n) is 2.31. The standard InChI is InChI=1S/C19H24N2O3/c1-3-24-18-9-7-15(8-10-18)13-21(2)19(23)12-20-17-6-4-5-16(11-17)14-22/h4-11,20,22H,3,12-14H2,1-2H3. The van der Waals surface area contributed by atoms with Crippen molar-refractivity contribution in [2.45, 2.75) is 20.1 Å². The maximum absolute atomic E-state index is 12.2. The second-order valence-electron chi connectivity index (χ2n) is 5.54. The van der Waals surface area contributed by atoms with Crippen LogP contribution in [0.25, 0.3) is 0 Å². The number of aliphatic hydroxyl groups excluding tert-OH is 1. The average molecular weight is 328 g/mol. The first-order valence-electron chi connectivity index (χ1n) is 8.01. The van der Waals surface area contributed by atoms with Gasteiger partial charge in [0.15, 0.2) is 0 Å². The molecule has 0 atom stereocenters. The molecular weight excluding hydrogens is 304 g/mol. The van der Waals surface area contributed by atoms with Gasteiger partial charge in [0.05, 0.1) is 19.8 Å². The number of ether oxygens (including phenoxy) is 1. The summed E-state index contributed by atoms with van der Waals surface area (Å²) >= 11 is 0. The third kappa shape index (κ3) is 5.28. The zero-order chi connectivity index (χ0) is 17.4. The van der Waals surface area contributed by atoms with Crippen molar-refractivity contribution in [3.05, 3.63) is 59.7 Å². The van der Waals surface area contributed by atoms with Crippen molar-refractivity contribution in [3.8, 4) is 5.75 Å². The van der Waals surface area contributed by atoms with E-state index in [4.69, 9.17) is 9.84 Å². The van der Waals surface area contributed by atoms with Crippen LogP contribution in [0.5, 0.6) is 5.75 Å². The minimum Gasteiger partial charge on any atom is -0.494 e. The smallest absolute Gasteiger partial charge is 0.241 e. The van der Waals surface area contributed by atoms with Gasteiger partial charge in [-0.3, -0.25) is 4.79 Å². The highest BCUT2D eigenvalue weighted by molar-refractivity contribution is 5.80. The molecule has 0 heterocycles. The molecule has 2 aromatic rings. The number of benzene rings is 2. The van der Waals surface area contributed by atoms with Crippen molar-refractivity contribution in [1.29, 1.82) is 0 Å². The molecule has 128 valence electrons. The van der Waals surface area contributed by atoms with Gasteiger partial charge >= 0.3 is 0 Å². The molecule has 0 spiro atoms. The van der Waals surface area contributed by atoms with E-state index in [1.54, 1.807) is 11.9 Å². The predicted molar refractivity (Wildman–Crippen MR) is 94.9 cm³/mol. The molecule has 24 heavy (non-hydrogen) atoms. The van der Waals surface area contributed by atoms with Crippen molar-refractivity contribution >= 4 is 11.6 Å². The van der Waals surface area contributed by atoms with Crippen LogP contribution >= 0.6 is 0 Å². The lowest BCUT2D eigenvalue weighted by Gasteiger charge is -2.18. The van der Waals surface area contributed by atoms with E-state index < -0.39 is 0 Å². The average Bonchev–Trinajstić information content (AvgIpc) is 2.61. The van der Waals surface area contributed by atoms with Gasteiger partial charge in [-0.05, 0) is 42.3 Å². The van der Waals surface area contributed by atoms with Gasteiger partial charge in [0, 0.05) is 19.3 Å². The monoisotopic (exact) mass is 328 g/mol. The topological polar surface area (TPSA) is 61.8 Å². The Balaban J connectivity index is 1.85. The van der Waals surface area contributed by atoms with Crippen LogP contribution in [-0.4, -0.2) is 36.1 Å². The van der Waals surface area contributed by atoms with Crippen LogP contribution in [0.3, 0.4) is 0 Å². The van der Waals surface area contributed by atoms with Gasteiger partial charge in [-0.2, -0.15) is 0 Å². The Morgan fingerprint density at radius 1 is 1.17 bits per heavy atom. The van der Waals surface area contributed by atoms with Crippen LogP contribution in [0.4, 0.5) is 5.69 Å². The van der Waals surface area contributed by atoms with Crippen LogP contribution in [0.15, 0.2) is 48.5 Å². The zero-order valence-electron chi connectivity index (χ0n) is 14.2. The summed E-state index contributed by atoms with van der Waals surface area (Å²) in [5.41, 5.74) is 2.69. The number of hydrogen-bond acceptors (Lipinski definition) is 4. The third-order valence-electron chi connectivity index (χ3n) is 3.63. The minimum absolute atomic E-state index is 0.00159. The second-order valence-corrected chi connectivity index (χ2v) is 5.54. The van der Waals surface area contributed by atoms with Crippen molar-refractivity contribution in [2.75, 3.05) is 25.5 Å². The highest BCUT2D eigenvalue weighted by Crippen LogP contribution is 2.14. The van der Waals surface area contributed by atoms with E-state index in [0.717, 1.165) is 22.6 Å². The van der Waals surface area contributed by atoms with Gasteiger partial charge < -0.3 is 20.1 Å². The Bertz CT molecular complexity index is 656. The molecule has 0 aromatic heterocycles. The maximum atomic E-state index is 12.2. The molecule has 0 saturated carbocycles. The Hall–Kier alpha value is -2.53. The highest BCUT2D eigenvalue weighted by atomic mass is 16.5. The predicted octanol–water partition coefficient (Wildman–Crippen LogP) is 2.65. The van der Waals surface area contributed by atoms with E-state index in [-0.39, 0.29) is 19.1 Å². The number of nitrogens with one attached hydrogen (secondary N) is 1. The molecule has 5 nitrogen and oxygen atoms in total. The number of hydrogen-bond donors (Lipinski definition) is 2. The molecule has 0 fully saturated rings. The summed E-state index contributed by atoms with van der Waals surface area (Å²) in [4.78, 5) is 13.9. The van der Waals surface area contributed by atoms with E-state index in [9.17, 15) is 4.79 Å². The summed E-state index contributed by atoms with van der Waals surface area (Å²) in [5.74, 6) is 0.832. The van der Waals surface area contributed by atoms with E-state index in [2.05, 4.69) is 5.32 Å². The van der Waals surface area contributed by atoms with Gasteiger partial charge in [-0.1, -0.05) is 24.3 Å². The van der Waals surface area contributed by atoms with Crippen LogP contribution in [0.2, 0.25) is 0 Å². The molecule has 2 N–H and O–H groups in total. The van der Waals surface area contributed by atoms with E-state index in [1.807, 2.05) is 55.5 Å². The molecule has 2 aromatic carbocycles. The summed E-state index contributed by atoms with van der Waals surface area (Å²) < 4.78 is 5.41. The lowest BCUT2D eigenvalue weighted by atomic mass is 10.2. The van der Waals surface area contributed by atoms with Crippen LogP contribution < -0.4 is 10.1 Å². The number of carbonyl (C=O) groups excluding carboxylic acids is 1. The van der Waals surface area contributed by atoms with E-state index in [0.29, 0.717) is 13.2 Å². The lowest BCUT2D eigenvalue weighted by molar-refractivity contribution is -0.128. The highest BCUT2D eigenvalue weighted by Gasteiger charge is 2.09. The Labute approximate surface area is 142 Å². The van der Waals surface area contributed by atoms with Gasteiger partial charge in [0.1, 0.15) is 5.75 Å². The number of anilines is 1. The Morgan fingerprint density at radius 3 is 2.58 bits per heavy atom.